The number of anilines is 1. The zero-order chi connectivity index (χ0) is 14.8. The van der Waals surface area contributed by atoms with Crippen LogP contribution in [0.4, 0.5) is 19.0 Å². The quantitative estimate of drug-likeness (QED) is 0.937. The Morgan fingerprint density at radius 1 is 1.40 bits per heavy atom. The molecule has 0 aliphatic rings. The molecule has 8 heteroatoms. The minimum atomic E-state index is -4.73. The summed E-state index contributed by atoms with van der Waals surface area (Å²) >= 11 is 0. The van der Waals surface area contributed by atoms with Crippen LogP contribution in [0.5, 0.6) is 5.75 Å². The Kier molecular flexibility index (Phi) is 3.52. The van der Waals surface area contributed by atoms with Gasteiger partial charge in [0.05, 0.1) is 6.54 Å². The van der Waals surface area contributed by atoms with Crippen molar-refractivity contribution in [3.63, 3.8) is 0 Å². The van der Waals surface area contributed by atoms with Crippen LogP contribution in [0, 0.1) is 11.3 Å². The molecule has 2 aromatic rings. The molecule has 0 saturated heterocycles. The summed E-state index contributed by atoms with van der Waals surface area (Å²) in [5.74, 6) is -0.231. The van der Waals surface area contributed by atoms with Gasteiger partial charge < -0.3 is 10.5 Å². The minimum absolute atomic E-state index is 0.0789. The van der Waals surface area contributed by atoms with Crippen molar-refractivity contribution in [3.8, 4) is 11.8 Å². The predicted molar refractivity (Wildman–Crippen MR) is 63.6 cm³/mol. The number of benzene rings is 1. The zero-order valence-electron chi connectivity index (χ0n) is 10.1. The van der Waals surface area contributed by atoms with Gasteiger partial charge in [-0.3, -0.25) is 4.68 Å². The second kappa shape index (κ2) is 5.13. The monoisotopic (exact) mass is 282 g/mol. The summed E-state index contributed by atoms with van der Waals surface area (Å²) in [5.41, 5.74) is 6.25. The van der Waals surface area contributed by atoms with Crippen molar-refractivity contribution in [2.45, 2.75) is 12.9 Å². The van der Waals surface area contributed by atoms with Gasteiger partial charge in [-0.15, -0.1) is 13.2 Å². The lowest BCUT2D eigenvalue weighted by Gasteiger charge is -2.10. The second-order valence-corrected chi connectivity index (χ2v) is 3.93. The lowest BCUT2D eigenvalue weighted by atomic mass is 10.2. The standard InChI is InChI=1S/C12H9F3N4O/c13-12(14,15)20-10-3-1-2-8(4-10)6-19-7-9(5-16)11(17)18-19/h1-4,7H,6H2,(H2,17,18). The van der Waals surface area contributed by atoms with Gasteiger partial charge >= 0.3 is 6.36 Å². The Labute approximate surface area is 112 Å². The fraction of sp³-hybridized carbons (Fsp3) is 0.167. The maximum absolute atomic E-state index is 12.1. The van der Waals surface area contributed by atoms with Crippen molar-refractivity contribution >= 4 is 5.82 Å². The van der Waals surface area contributed by atoms with Crippen LogP contribution >= 0.6 is 0 Å². The lowest BCUT2D eigenvalue weighted by Crippen LogP contribution is -2.17. The Bertz CT molecular complexity index is 657. The highest BCUT2D eigenvalue weighted by Crippen LogP contribution is 2.23. The summed E-state index contributed by atoms with van der Waals surface area (Å²) in [4.78, 5) is 0. The van der Waals surface area contributed by atoms with Gasteiger partial charge in [0.25, 0.3) is 0 Å². The third-order valence-corrected chi connectivity index (χ3v) is 2.39. The van der Waals surface area contributed by atoms with Crippen LogP contribution in [-0.4, -0.2) is 16.1 Å². The van der Waals surface area contributed by atoms with E-state index in [1.165, 1.54) is 29.1 Å². The van der Waals surface area contributed by atoms with Gasteiger partial charge in [-0.1, -0.05) is 12.1 Å². The van der Waals surface area contributed by atoms with E-state index in [2.05, 4.69) is 9.84 Å². The molecule has 1 heterocycles. The summed E-state index contributed by atoms with van der Waals surface area (Å²) in [6.07, 6.45) is -3.31. The number of aromatic nitrogens is 2. The van der Waals surface area contributed by atoms with E-state index in [9.17, 15) is 13.2 Å². The first-order chi connectivity index (χ1) is 9.37. The van der Waals surface area contributed by atoms with Gasteiger partial charge in [0.15, 0.2) is 5.82 Å². The van der Waals surface area contributed by atoms with Crippen LogP contribution in [0.3, 0.4) is 0 Å². The third kappa shape index (κ3) is 3.41. The van der Waals surface area contributed by atoms with Crippen LogP contribution in [0.15, 0.2) is 30.5 Å². The number of ether oxygens (including phenoxy) is 1. The van der Waals surface area contributed by atoms with Gasteiger partial charge in [0.1, 0.15) is 17.4 Å². The van der Waals surface area contributed by atoms with E-state index in [-0.39, 0.29) is 23.7 Å². The van der Waals surface area contributed by atoms with Gasteiger partial charge in [0.2, 0.25) is 0 Å². The zero-order valence-corrected chi connectivity index (χ0v) is 10.1. The van der Waals surface area contributed by atoms with Gasteiger partial charge in [0, 0.05) is 6.20 Å². The highest BCUT2D eigenvalue weighted by Gasteiger charge is 2.31. The van der Waals surface area contributed by atoms with E-state index < -0.39 is 6.36 Å². The molecule has 0 amide bonds. The minimum Gasteiger partial charge on any atom is -0.406 e. The fourth-order valence-corrected chi connectivity index (χ4v) is 1.63. The maximum atomic E-state index is 12.1. The number of nitrogens with two attached hydrogens (primary N) is 1. The molecule has 5 nitrogen and oxygen atoms in total. The Hall–Kier alpha value is -2.69. The summed E-state index contributed by atoms with van der Waals surface area (Å²) in [5, 5.41) is 12.6. The first kappa shape index (κ1) is 13.7. The molecule has 0 radical (unpaired) electrons. The number of hydrogen-bond donors (Lipinski definition) is 1. The number of halogens is 3. The topological polar surface area (TPSA) is 76.9 Å². The van der Waals surface area contributed by atoms with Gasteiger partial charge in [-0.2, -0.15) is 10.4 Å². The summed E-state index contributed by atoms with van der Waals surface area (Å²) in [7, 11) is 0. The first-order valence-corrected chi connectivity index (χ1v) is 5.45. The average molecular weight is 282 g/mol. The molecule has 0 atom stereocenters. The molecule has 0 bridgehead atoms. The summed E-state index contributed by atoms with van der Waals surface area (Å²) in [6, 6.07) is 7.37. The molecule has 0 saturated carbocycles. The van der Waals surface area contributed by atoms with Crippen LogP contribution < -0.4 is 10.5 Å². The van der Waals surface area contributed by atoms with Crippen molar-refractivity contribution in [1.29, 1.82) is 5.26 Å². The SMILES string of the molecule is N#Cc1cn(Cc2cccc(OC(F)(F)F)c2)nc1N. The second-order valence-electron chi connectivity index (χ2n) is 3.93. The number of nitriles is 1. The van der Waals surface area contributed by atoms with E-state index in [4.69, 9.17) is 11.0 Å². The molecule has 20 heavy (non-hydrogen) atoms. The molecular weight excluding hydrogens is 273 g/mol. The summed E-state index contributed by atoms with van der Waals surface area (Å²) in [6.45, 7) is 0.181. The lowest BCUT2D eigenvalue weighted by molar-refractivity contribution is -0.274. The average Bonchev–Trinajstić information content (AvgIpc) is 2.67. The van der Waals surface area contributed by atoms with Gasteiger partial charge in [-0.05, 0) is 17.7 Å². The van der Waals surface area contributed by atoms with Crippen LogP contribution in [0.25, 0.3) is 0 Å². The Balaban J connectivity index is 2.17. The molecule has 104 valence electrons. The van der Waals surface area contributed by atoms with E-state index in [0.29, 0.717) is 5.56 Å². The van der Waals surface area contributed by atoms with Crippen molar-refractivity contribution in [3.05, 3.63) is 41.6 Å². The first-order valence-electron chi connectivity index (χ1n) is 5.45. The smallest absolute Gasteiger partial charge is 0.406 e. The Morgan fingerprint density at radius 3 is 2.75 bits per heavy atom. The highest BCUT2D eigenvalue weighted by molar-refractivity contribution is 5.46. The Morgan fingerprint density at radius 2 is 2.15 bits per heavy atom. The fourth-order valence-electron chi connectivity index (χ4n) is 1.63. The van der Waals surface area contributed by atoms with E-state index >= 15 is 0 Å². The molecule has 2 rings (SSSR count). The number of nitrogen functional groups attached to an aromatic ring is 1. The van der Waals surface area contributed by atoms with Crippen molar-refractivity contribution in [2.24, 2.45) is 0 Å². The van der Waals surface area contributed by atoms with E-state index in [0.717, 1.165) is 0 Å². The van der Waals surface area contributed by atoms with E-state index in [1.807, 2.05) is 6.07 Å². The molecule has 0 aliphatic carbocycles. The number of alkyl halides is 3. The van der Waals surface area contributed by atoms with Crippen LogP contribution in [-0.2, 0) is 6.54 Å². The molecular formula is C12H9F3N4O. The largest absolute Gasteiger partial charge is 0.573 e. The number of nitrogens with zero attached hydrogens (tertiary/aromatic N) is 3. The molecule has 0 aliphatic heterocycles. The van der Waals surface area contributed by atoms with Crippen molar-refractivity contribution in [1.82, 2.24) is 9.78 Å². The number of rotatable bonds is 3. The van der Waals surface area contributed by atoms with Crippen molar-refractivity contribution in [2.75, 3.05) is 5.73 Å². The molecule has 0 unspecified atom stereocenters. The molecule has 1 aromatic carbocycles. The molecule has 1 aromatic heterocycles. The summed E-state index contributed by atoms with van der Waals surface area (Å²) < 4.78 is 41.5. The maximum Gasteiger partial charge on any atom is 0.573 e. The van der Waals surface area contributed by atoms with Gasteiger partial charge in [-0.25, -0.2) is 0 Å². The van der Waals surface area contributed by atoms with Crippen LogP contribution in [0.2, 0.25) is 0 Å². The van der Waals surface area contributed by atoms with E-state index in [1.54, 1.807) is 6.07 Å². The normalized spacial score (nSPS) is 11.1. The number of hydrogen-bond acceptors (Lipinski definition) is 4. The molecule has 0 spiro atoms. The third-order valence-electron chi connectivity index (χ3n) is 2.39. The van der Waals surface area contributed by atoms with Crippen molar-refractivity contribution < 1.29 is 17.9 Å². The highest BCUT2D eigenvalue weighted by atomic mass is 19.4. The molecule has 2 N–H and O–H groups in total. The predicted octanol–water partition coefficient (Wildman–Crippen LogP) is 2.28. The molecule has 0 fully saturated rings. The van der Waals surface area contributed by atoms with Crippen LogP contribution in [0.1, 0.15) is 11.1 Å².